The third kappa shape index (κ3) is 3.75. The maximum atomic E-state index is 12.5. The molecular formula is C18H14ClN3O5. The third-order valence-corrected chi connectivity index (χ3v) is 3.88. The van der Waals surface area contributed by atoms with Crippen molar-refractivity contribution in [1.29, 1.82) is 0 Å². The maximum Gasteiger partial charge on any atom is 0.349 e. The number of ether oxygens (including phenoxy) is 2. The quantitative estimate of drug-likeness (QED) is 0.420. The molecule has 0 atom stereocenters. The number of hydrogen-bond acceptors (Lipinski definition) is 6. The van der Waals surface area contributed by atoms with E-state index in [1.807, 2.05) is 0 Å². The summed E-state index contributed by atoms with van der Waals surface area (Å²) in [6.45, 7) is 1.24. The predicted molar refractivity (Wildman–Crippen MR) is 101 cm³/mol. The molecule has 27 heavy (non-hydrogen) atoms. The maximum absolute atomic E-state index is 12.5. The van der Waals surface area contributed by atoms with E-state index in [4.69, 9.17) is 21.1 Å². The fraction of sp³-hybridized carbons (Fsp3) is 0.111. The van der Waals surface area contributed by atoms with Crippen molar-refractivity contribution in [3.63, 3.8) is 0 Å². The minimum absolute atomic E-state index is 0.0736. The van der Waals surface area contributed by atoms with E-state index >= 15 is 0 Å². The highest BCUT2D eigenvalue weighted by molar-refractivity contribution is 6.32. The highest BCUT2D eigenvalue weighted by atomic mass is 35.5. The zero-order valence-corrected chi connectivity index (χ0v) is 15.1. The number of carbonyl (C=O) groups is 1. The van der Waals surface area contributed by atoms with Gasteiger partial charge in [0, 0.05) is 6.92 Å². The molecule has 3 rings (SSSR count). The summed E-state index contributed by atoms with van der Waals surface area (Å²) < 4.78 is 10.9. The summed E-state index contributed by atoms with van der Waals surface area (Å²) >= 11 is 6.12. The Bertz CT molecular complexity index is 1180. The molecule has 0 fully saturated rings. The molecule has 138 valence electrons. The SMILES string of the molecule is COc1cc(C=Nn2c(=O)[nH]c3ccccc3c2=O)cc(Cl)c1OC(C)=O. The molecule has 0 amide bonds. The second kappa shape index (κ2) is 7.46. The Labute approximate surface area is 157 Å². The average Bonchev–Trinajstić information content (AvgIpc) is 2.63. The lowest BCUT2D eigenvalue weighted by Gasteiger charge is -2.10. The predicted octanol–water partition coefficient (Wildman–Crippen LogP) is 2.16. The second-order valence-electron chi connectivity index (χ2n) is 5.47. The van der Waals surface area contributed by atoms with Gasteiger partial charge in [-0.1, -0.05) is 23.7 Å². The van der Waals surface area contributed by atoms with Gasteiger partial charge in [-0.2, -0.15) is 5.10 Å². The second-order valence-corrected chi connectivity index (χ2v) is 5.87. The largest absolute Gasteiger partial charge is 0.493 e. The number of H-pyrrole nitrogens is 1. The van der Waals surface area contributed by atoms with Crippen molar-refractivity contribution in [2.45, 2.75) is 6.92 Å². The fourth-order valence-electron chi connectivity index (χ4n) is 2.44. The van der Waals surface area contributed by atoms with Crippen LogP contribution in [0.25, 0.3) is 10.9 Å². The minimum atomic E-state index is -0.676. The Morgan fingerprint density at radius 3 is 2.70 bits per heavy atom. The van der Waals surface area contributed by atoms with Crippen LogP contribution in [0.15, 0.2) is 51.1 Å². The Kier molecular flexibility index (Phi) is 5.09. The van der Waals surface area contributed by atoms with Gasteiger partial charge in [-0.05, 0) is 29.8 Å². The summed E-state index contributed by atoms with van der Waals surface area (Å²) in [7, 11) is 1.39. The number of fused-ring (bicyclic) bond motifs is 1. The van der Waals surface area contributed by atoms with Crippen molar-refractivity contribution in [3.8, 4) is 11.5 Å². The number of benzene rings is 2. The summed E-state index contributed by atoms with van der Waals surface area (Å²) in [5.74, 6) is -0.269. The number of esters is 1. The van der Waals surface area contributed by atoms with E-state index in [1.165, 1.54) is 32.4 Å². The van der Waals surface area contributed by atoms with Gasteiger partial charge >= 0.3 is 11.7 Å². The molecule has 0 saturated carbocycles. The lowest BCUT2D eigenvalue weighted by atomic mass is 10.2. The Hall–Kier alpha value is -3.39. The van der Waals surface area contributed by atoms with Gasteiger partial charge in [-0.25, -0.2) is 4.79 Å². The first-order valence-electron chi connectivity index (χ1n) is 7.75. The van der Waals surface area contributed by atoms with Gasteiger partial charge in [-0.3, -0.25) is 9.59 Å². The number of para-hydroxylation sites is 1. The van der Waals surface area contributed by atoms with Gasteiger partial charge in [-0.15, -0.1) is 4.68 Å². The summed E-state index contributed by atoms with van der Waals surface area (Å²) in [5.41, 5.74) is -0.369. The van der Waals surface area contributed by atoms with Gasteiger partial charge in [0.2, 0.25) is 0 Å². The number of aromatic nitrogens is 2. The van der Waals surface area contributed by atoms with Crippen LogP contribution in [-0.4, -0.2) is 29.0 Å². The molecule has 2 aromatic carbocycles. The Morgan fingerprint density at radius 2 is 2.00 bits per heavy atom. The summed E-state index contributed by atoms with van der Waals surface area (Å²) in [6, 6.07) is 9.59. The standard InChI is InChI=1S/C18H14ClN3O5/c1-10(23)27-16-13(19)7-11(8-15(16)26-2)9-20-22-17(24)12-5-3-4-6-14(12)21-18(22)25/h3-9H,1-2H3,(H,21,25). The van der Waals surface area contributed by atoms with Crippen LogP contribution in [0.3, 0.4) is 0 Å². The van der Waals surface area contributed by atoms with Crippen molar-refractivity contribution in [2.75, 3.05) is 7.11 Å². The monoisotopic (exact) mass is 387 g/mol. The van der Waals surface area contributed by atoms with Crippen LogP contribution in [0.5, 0.6) is 11.5 Å². The fourth-order valence-corrected chi connectivity index (χ4v) is 2.70. The van der Waals surface area contributed by atoms with E-state index in [9.17, 15) is 14.4 Å². The summed E-state index contributed by atoms with van der Waals surface area (Å²) in [5, 5.41) is 4.39. The molecule has 0 saturated heterocycles. The molecule has 0 spiro atoms. The Balaban J connectivity index is 2.05. The van der Waals surface area contributed by atoms with Gasteiger partial charge in [0.1, 0.15) is 0 Å². The number of nitrogens with zero attached hydrogens (tertiary/aromatic N) is 2. The highest BCUT2D eigenvalue weighted by Gasteiger charge is 2.14. The molecule has 0 unspecified atom stereocenters. The normalized spacial score (nSPS) is 11.1. The van der Waals surface area contributed by atoms with Crippen LogP contribution in [-0.2, 0) is 4.79 Å². The van der Waals surface area contributed by atoms with Crippen LogP contribution >= 0.6 is 11.6 Å². The van der Waals surface area contributed by atoms with Crippen LogP contribution in [0, 0.1) is 0 Å². The number of rotatable bonds is 4. The van der Waals surface area contributed by atoms with Crippen molar-refractivity contribution in [1.82, 2.24) is 9.66 Å². The number of aromatic amines is 1. The number of hydrogen-bond donors (Lipinski definition) is 1. The van der Waals surface area contributed by atoms with Crippen molar-refractivity contribution in [2.24, 2.45) is 5.10 Å². The number of halogens is 1. The molecule has 8 nitrogen and oxygen atoms in total. The molecule has 0 radical (unpaired) electrons. The zero-order chi connectivity index (χ0) is 19.6. The van der Waals surface area contributed by atoms with Gasteiger partial charge < -0.3 is 14.5 Å². The molecule has 1 aromatic heterocycles. The van der Waals surface area contributed by atoms with E-state index in [0.717, 1.165) is 0 Å². The zero-order valence-electron chi connectivity index (χ0n) is 14.4. The molecule has 0 aliphatic heterocycles. The van der Waals surface area contributed by atoms with Gasteiger partial charge in [0.25, 0.3) is 5.56 Å². The van der Waals surface area contributed by atoms with E-state index in [0.29, 0.717) is 21.1 Å². The molecule has 9 heteroatoms. The van der Waals surface area contributed by atoms with Crippen LogP contribution in [0.2, 0.25) is 5.02 Å². The van der Waals surface area contributed by atoms with Crippen molar-refractivity contribution < 1.29 is 14.3 Å². The molecule has 1 N–H and O–H groups in total. The van der Waals surface area contributed by atoms with Crippen molar-refractivity contribution in [3.05, 3.63) is 67.8 Å². The van der Waals surface area contributed by atoms with Crippen LogP contribution in [0.1, 0.15) is 12.5 Å². The molecule has 0 aliphatic carbocycles. The third-order valence-electron chi connectivity index (χ3n) is 3.60. The van der Waals surface area contributed by atoms with Crippen LogP contribution < -0.4 is 20.7 Å². The Morgan fingerprint density at radius 1 is 1.26 bits per heavy atom. The van der Waals surface area contributed by atoms with Crippen molar-refractivity contribution >= 4 is 34.7 Å². The average molecular weight is 388 g/mol. The summed E-state index contributed by atoms with van der Waals surface area (Å²) in [6.07, 6.45) is 1.28. The lowest BCUT2D eigenvalue weighted by Crippen LogP contribution is -2.32. The molecule has 1 heterocycles. The molecule has 0 aliphatic rings. The van der Waals surface area contributed by atoms with E-state index < -0.39 is 17.2 Å². The van der Waals surface area contributed by atoms with Gasteiger partial charge in [0.05, 0.1) is 29.2 Å². The molecular weight excluding hydrogens is 374 g/mol. The highest BCUT2D eigenvalue weighted by Crippen LogP contribution is 2.36. The topological polar surface area (TPSA) is 103 Å². The first kappa shape index (κ1) is 18.4. The van der Waals surface area contributed by atoms with E-state index in [-0.39, 0.29) is 16.5 Å². The van der Waals surface area contributed by atoms with E-state index in [1.54, 1.807) is 24.3 Å². The van der Waals surface area contributed by atoms with E-state index in [2.05, 4.69) is 10.1 Å². The first-order valence-corrected chi connectivity index (χ1v) is 8.13. The lowest BCUT2D eigenvalue weighted by molar-refractivity contribution is -0.132. The molecule has 0 bridgehead atoms. The van der Waals surface area contributed by atoms with Gasteiger partial charge in [0.15, 0.2) is 11.5 Å². The smallest absolute Gasteiger partial charge is 0.349 e. The minimum Gasteiger partial charge on any atom is -0.493 e. The van der Waals surface area contributed by atoms with Crippen LogP contribution in [0.4, 0.5) is 0 Å². The molecule has 3 aromatic rings. The summed E-state index contributed by atoms with van der Waals surface area (Å²) in [4.78, 5) is 38.3. The number of methoxy groups -OCH3 is 1. The first-order chi connectivity index (χ1) is 12.9. The number of carbonyl (C=O) groups excluding carboxylic acids is 1. The number of nitrogens with one attached hydrogen (secondary N) is 1.